The highest BCUT2D eigenvalue weighted by Gasteiger charge is 2.22. The van der Waals surface area contributed by atoms with Crippen LogP contribution in [0.5, 0.6) is 0 Å². The molecule has 23 heavy (non-hydrogen) atoms. The maximum atomic E-state index is 10.7. The van der Waals surface area contributed by atoms with Gasteiger partial charge >= 0.3 is 0 Å². The first-order valence-corrected chi connectivity index (χ1v) is 9.32. The van der Waals surface area contributed by atoms with Gasteiger partial charge in [-0.25, -0.2) is 0 Å². The van der Waals surface area contributed by atoms with E-state index in [0.29, 0.717) is 0 Å². The van der Waals surface area contributed by atoms with Crippen LogP contribution in [0.4, 0.5) is 0 Å². The summed E-state index contributed by atoms with van der Waals surface area (Å²) >= 11 is 0. The molecule has 0 spiro atoms. The van der Waals surface area contributed by atoms with Gasteiger partial charge in [0.2, 0.25) is 0 Å². The summed E-state index contributed by atoms with van der Waals surface area (Å²) in [6.45, 7) is 3.87. The topological polar surface area (TPSA) is 28.4 Å². The molecule has 2 aromatic rings. The third-order valence-corrected chi connectivity index (χ3v) is 5.60. The molecule has 1 fully saturated rings. The molecule has 2 heterocycles. The lowest BCUT2D eigenvalue weighted by Crippen LogP contribution is -2.38. The minimum atomic E-state index is -0.269. The van der Waals surface area contributed by atoms with Crippen molar-refractivity contribution in [2.75, 3.05) is 19.6 Å². The van der Waals surface area contributed by atoms with Crippen molar-refractivity contribution in [3.05, 3.63) is 35.5 Å². The molecule has 1 atom stereocenters. The molecule has 0 unspecified atom stereocenters. The van der Waals surface area contributed by atoms with Crippen molar-refractivity contribution in [3.8, 4) is 0 Å². The molecular weight excluding hydrogens is 284 g/mol. The van der Waals surface area contributed by atoms with Crippen LogP contribution in [-0.4, -0.2) is 40.3 Å². The molecule has 1 aliphatic heterocycles. The Morgan fingerprint density at radius 2 is 1.70 bits per heavy atom. The highest BCUT2D eigenvalue weighted by Crippen LogP contribution is 2.32. The molecule has 1 aromatic heterocycles. The fourth-order valence-electron chi connectivity index (χ4n) is 4.50. The van der Waals surface area contributed by atoms with Crippen LogP contribution in [0.2, 0.25) is 0 Å². The summed E-state index contributed by atoms with van der Waals surface area (Å²) in [6.07, 6.45) is 8.61. The molecule has 0 saturated carbocycles. The van der Waals surface area contributed by atoms with Crippen LogP contribution in [0.25, 0.3) is 10.9 Å². The zero-order chi connectivity index (χ0) is 15.6. The highest BCUT2D eigenvalue weighted by molar-refractivity contribution is 5.85. The van der Waals surface area contributed by atoms with Gasteiger partial charge in [-0.05, 0) is 63.2 Å². The zero-order valence-corrected chi connectivity index (χ0v) is 14.0. The minimum Gasteiger partial charge on any atom is -0.390 e. The van der Waals surface area contributed by atoms with E-state index in [9.17, 15) is 5.11 Å². The second kappa shape index (κ2) is 6.66. The predicted octanol–water partition coefficient (Wildman–Crippen LogP) is 3.37. The van der Waals surface area contributed by atoms with Crippen molar-refractivity contribution in [3.63, 3.8) is 0 Å². The predicted molar refractivity (Wildman–Crippen MR) is 94.9 cm³/mol. The van der Waals surface area contributed by atoms with E-state index in [1.807, 2.05) is 0 Å². The van der Waals surface area contributed by atoms with E-state index in [0.717, 1.165) is 26.2 Å². The highest BCUT2D eigenvalue weighted by atomic mass is 16.3. The average molecular weight is 312 g/mol. The smallest absolute Gasteiger partial charge is 0.0845 e. The summed E-state index contributed by atoms with van der Waals surface area (Å²) < 4.78 is 2.42. The molecule has 124 valence electrons. The first-order chi connectivity index (χ1) is 11.3. The molecular formula is C20H28N2O. The number of para-hydroxylation sites is 1. The molecule has 3 heteroatoms. The lowest BCUT2D eigenvalue weighted by molar-refractivity contribution is 0.0886. The number of piperidine rings is 1. The number of hydrogen-bond acceptors (Lipinski definition) is 2. The van der Waals surface area contributed by atoms with Crippen molar-refractivity contribution < 1.29 is 5.11 Å². The quantitative estimate of drug-likeness (QED) is 0.937. The number of fused-ring (bicyclic) bond motifs is 3. The first kappa shape index (κ1) is 15.2. The Bertz CT molecular complexity index is 670. The van der Waals surface area contributed by atoms with Gasteiger partial charge in [0.25, 0.3) is 0 Å². The molecule has 1 N–H and O–H groups in total. The van der Waals surface area contributed by atoms with Gasteiger partial charge in [0.05, 0.1) is 12.6 Å². The summed E-state index contributed by atoms with van der Waals surface area (Å²) in [5, 5.41) is 12.1. The third kappa shape index (κ3) is 3.05. The maximum Gasteiger partial charge on any atom is 0.0845 e. The molecule has 0 amide bonds. The maximum absolute atomic E-state index is 10.7. The number of aliphatic hydroxyl groups excluding tert-OH is 1. The van der Waals surface area contributed by atoms with Crippen molar-refractivity contribution in [2.24, 2.45) is 0 Å². The van der Waals surface area contributed by atoms with E-state index in [1.165, 1.54) is 67.1 Å². The Morgan fingerprint density at radius 3 is 2.57 bits per heavy atom. The van der Waals surface area contributed by atoms with Crippen LogP contribution in [0, 0.1) is 0 Å². The van der Waals surface area contributed by atoms with Crippen molar-refractivity contribution in [2.45, 2.75) is 57.6 Å². The Labute approximate surface area is 138 Å². The van der Waals surface area contributed by atoms with E-state index < -0.39 is 0 Å². The van der Waals surface area contributed by atoms with E-state index in [1.54, 1.807) is 0 Å². The van der Waals surface area contributed by atoms with Gasteiger partial charge in [-0.3, -0.25) is 0 Å². The van der Waals surface area contributed by atoms with Crippen molar-refractivity contribution in [1.29, 1.82) is 0 Å². The van der Waals surface area contributed by atoms with Crippen molar-refractivity contribution >= 4 is 10.9 Å². The number of nitrogens with zero attached hydrogens (tertiary/aromatic N) is 2. The Kier molecular flexibility index (Phi) is 4.41. The normalized spacial score (nSPS) is 20.6. The molecule has 0 bridgehead atoms. The van der Waals surface area contributed by atoms with Crippen LogP contribution in [0.15, 0.2) is 24.3 Å². The molecule has 1 saturated heterocycles. The van der Waals surface area contributed by atoms with E-state index in [2.05, 4.69) is 33.7 Å². The van der Waals surface area contributed by atoms with Gasteiger partial charge in [0.1, 0.15) is 0 Å². The summed E-state index contributed by atoms with van der Waals surface area (Å²) in [7, 11) is 0. The minimum absolute atomic E-state index is 0.269. The number of aliphatic hydroxyl groups is 1. The SMILES string of the molecule is O[C@H](CN1CCCCC1)Cn1c2c(c3ccccc31)CCCC2. The number of likely N-dealkylation sites (tertiary alicyclic amines) is 1. The number of β-amino-alcohol motifs (C(OH)–C–C–N with tert-alkyl or cyclic N) is 1. The van der Waals surface area contributed by atoms with Gasteiger partial charge in [0.15, 0.2) is 0 Å². The van der Waals surface area contributed by atoms with Crippen LogP contribution >= 0.6 is 0 Å². The number of rotatable bonds is 4. The second-order valence-corrected chi connectivity index (χ2v) is 7.28. The Morgan fingerprint density at radius 1 is 0.913 bits per heavy atom. The molecule has 4 rings (SSSR count). The largest absolute Gasteiger partial charge is 0.390 e. The molecule has 0 radical (unpaired) electrons. The standard InChI is InChI=1S/C20H28N2O/c23-16(14-21-12-6-1-7-13-21)15-22-19-10-4-2-8-17(19)18-9-3-5-11-20(18)22/h2,4,8,10,16,23H,1,3,5-7,9,11-15H2/t16-/m1/s1. The molecule has 3 nitrogen and oxygen atoms in total. The average Bonchev–Trinajstić information content (AvgIpc) is 2.90. The third-order valence-electron chi connectivity index (χ3n) is 5.60. The van der Waals surface area contributed by atoms with Crippen LogP contribution in [-0.2, 0) is 19.4 Å². The lowest BCUT2D eigenvalue weighted by Gasteiger charge is -2.29. The lowest BCUT2D eigenvalue weighted by atomic mass is 9.95. The van der Waals surface area contributed by atoms with Crippen LogP contribution in [0.1, 0.15) is 43.4 Å². The number of hydrogen-bond donors (Lipinski definition) is 1. The van der Waals surface area contributed by atoms with E-state index in [4.69, 9.17) is 0 Å². The van der Waals surface area contributed by atoms with E-state index >= 15 is 0 Å². The zero-order valence-electron chi connectivity index (χ0n) is 14.0. The van der Waals surface area contributed by atoms with Crippen LogP contribution < -0.4 is 0 Å². The summed E-state index contributed by atoms with van der Waals surface area (Å²) in [6, 6.07) is 8.75. The molecule has 2 aliphatic rings. The van der Waals surface area contributed by atoms with Gasteiger partial charge in [-0.15, -0.1) is 0 Å². The van der Waals surface area contributed by atoms with Crippen molar-refractivity contribution in [1.82, 2.24) is 9.47 Å². The Balaban J connectivity index is 1.58. The molecule has 1 aliphatic carbocycles. The number of aryl methyl sites for hydroxylation is 1. The van der Waals surface area contributed by atoms with Gasteiger partial charge < -0.3 is 14.6 Å². The van der Waals surface area contributed by atoms with Gasteiger partial charge in [-0.2, -0.15) is 0 Å². The number of aromatic nitrogens is 1. The Hall–Kier alpha value is -1.32. The first-order valence-electron chi connectivity index (χ1n) is 9.32. The summed E-state index contributed by atoms with van der Waals surface area (Å²) in [5.74, 6) is 0. The number of benzene rings is 1. The fraction of sp³-hybridized carbons (Fsp3) is 0.600. The second-order valence-electron chi connectivity index (χ2n) is 7.28. The summed E-state index contributed by atoms with van der Waals surface area (Å²) in [4.78, 5) is 2.44. The monoisotopic (exact) mass is 312 g/mol. The van der Waals surface area contributed by atoms with Gasteiger partial charge in [0, 0.05) is 23.1 Å². The molecule has 1 aromatic carbocycles. The van der Waals surface area contributed by atoms with Gasteiger partial charge in [-0.1, -0.05) is 24.6 Å². The van der Waals surface area contributed by atoms with Crippen LogP contribution in [0.3, 0.4) is 0 Å². The summed E-state index contributed by atoms with van der Waals surface area (Å²) in [5.41, 5.74) is 4.34. The fourth-order valence-corrected chi connectivity index (χ4v) is 4.50. The van der Waals surface area contributed by atoms with E-state index in [-0.39, 0.29) is 6.10 Å².